The molecule has 1 N–H and O–H groups in total. The van der Waals surface area contributed by atoms with Gasteiger partial charge in [0.1, 0.15) is 5.54 Å². The number of nitrogens with zero attached hydrogens (tertiary/aromatic N) is 1. The topological polar surface area (TPSA) is 45.0 Å². The Bertz CT molecular complexity index is 222. The molecule has 14 heavy (non-hydrogen) atoms. The van der Waals surface area contributed by atoms with Gasteiger partial charge in [0.25, 0.3) is 0 Å². The zero-order valence-electron chi connectivity index (χ0n) is 9.34. The van der Waals surface area contributed by atoms with E-state index in [4.69, 9.17) is 4.74 Å². The summed E-state index contributed by atoms with van der Waals surface area (Å²) in [7, 11) is 0. The van der Waals surface area contributed by atoms with Gasteiger partial charge < -0.3 is 4.74 Å². The minimum absolute atomic E-state index is 0.197. The minimum atomic E-state index is -0.345. The molecule has 0 bridgehead atoms. The fourth-order valence-electron chi connectivity index (χ4n) is 1.79. The average molecular weight is 196 g/mol. The van der Waals surface area contributed by atoms with Gasteiger partial charge in [-0.05, 0) is 19.4 Å². The Morgan fingerprint density at radius 3 is 2.86 bits per heavy atom. The Labute approximate surface area is 86.4 Å². The molecule has 2 atom stereocenters. The van der Waals surface area contributed by atoms with E-state index in [1.54, 1.807) is 0 Å². The second-order valence-corrected chi connectivity index (χ2v) is 4.60. The van der Waals surface area contributed by atoms with Gasteiger partial charge in [-0.1, -0.05) is 13.8 Å². The van der Waals surface area contributed by atoms with Gasteiger partial charge in [-0.25, -0.2) is 0 Å². The monoisotopic (exact) mass is 196 g/mol. The van der Waals surface area contributed by atoms with Gasteiger partial charge in [0.2, 0.25) is 0 Å². The molecule has 0 spiro atoms. The minimum Gasteiger partial charge on any atom is -0.378 e. The predicted molar refractivity (Wildman–Crippen MR) is 55.8 cm³/mol. The van der Waals surface area contributed by atoms with Crippen LogP contribution in [-0.2, 0) is 4.74 Å². The van der Waals surface area contributed by atoms with E-state index in [-0.39, 0.29) is 11.6 Å². The Hall–Kier alpha value is -0.590. The van der Waals surface area contributed by atoms with Crippen molar-refractivity contribution in [2.24, 2.45) is 5.92 Å². The summed E-state index contributed by atoms with van der Waals surface area (Å²) in [4.78, 5) is 0. The third kappa shape index (κ3) is 2.97. The molecule has 0 aromatic heterocycles. The van der Waals surface area contributed by atoms with Crippen molar-refractivity contribution < 1.29 is 4.74 Å². The van der Waals surface area contributed by atoms with E-state index in [0.717, 1.165) is 19.4 Å². The third-order valence-corrected chi connectivity index (χ3v) is 2.63. The first-order valence-corrected chi connectivity index (χ1v) is 5.36. The molecule has 1 heterocycles. The molecule has 80 valence electrons. The van der Waals surface area contributed by atoms with Crippen molar-refractivity contribution in [2.45, 2.75) is 45.3 Å². The van der Waals surface area contributed by atoms with Crippen molar-refractivity contribution in [2.75, 3.05) is 13.2 Å². The van der Waals surface area contributed by atoms with Crippen LogP contribution in [0.15, 0.2) is 0 Å². The lowest BCUT2D eigenvalue weighted by molar-refractivity contribution is -0.00376. The molecule has 3 nitrogen and oxygen atoms in total. The molecule has 1 aliphatic rings. The molecule has 0 aromatic carbocycles. The molecule has 0 aliphatic carbocycles. The van der Waals surface area contributed by atoms with Crippen LogP contribution in [0.2, 0.25) is 0 Å². The van der Waals surface area contributed by atoms with Gasteiger partial charge in [-0.2, -0.15) is 5.26 Å². The summed E-state index contributed by atoms with van der Waals surface area (Å²) >= 11 is 0. The van der Waals surface area contributed by atoms with Crippen LogP contribution in [0.5, 0.6) is 0 Å². The summed E-state index contributed by atoms with van der Waals surface area (Å²) in [5.41, 5.74) is -0.345. The lowest BCUT2D eigenvalue weighted by Crippen LogP contribution is -2.51. The molecule has 1 rings (SSSR count). The van der Waals surface area contributed by atoms with E-state index in [1.807, 2.05) is 6.92 Å². The van der Waals surface area contributed by atoms with Crippen LogP contribution in [0.3, 0.4) is 0 Å². The van der Waals surface area contributed by atoms with E-state index < -0.39 is 0 Å². The van der Waals surface area contributed by atoms with Gasteiger partial charge in [0, 0.05) is 19.4 Å². The zero-order chi connectivity index (χ0) is 10.6. The maximum Gasteiger partial charge on any atom is 0.111 e. The van der Waals surface area contributed by atoms with Gasteiger partial charge in [0.15, 0.2) is 0 Å². The molecular formula is C11H20N2O. The summed E-state index contributed by atoms with van der Waals surface area (Å²) in [6.45, 7) is 7.93. The van der Waals surface area contributed by atoms with Crippen molar-refractivity contribution in [3.05, 3.63) is 0 Å². The van der Waals surface area contributed by atoms with Gasteiger partial charge in [0.05, 0.1) is 12.2 Å². The standard InChI is InChI=1S/C11H20N2O/c1-9(2)7-13-11(8-12)4-5-14-10(3)6-11/h9-10,13H,4-7H2,1-3H3. The summed E-state index contributed by atoms with van der Waals surface area (Å²) in [6.07, 6.45) is 1.81. The van der Waals surface area contributed by atoms with Crippen molar-refractivity contribution in [3.8, 4) is 6.07 Å². The van der Waals surface area contributed by atoms with Crippen LogP contribution >= 0.6 is 0 Å². The van der Waals surface area contributed by atoms with Crippen molar-refractivity contribution >= 4 is 0 Å². The van der Waals surface area contributed by atoms with Gasteiger partial charge in [-0.15, -0.1) is 0 Å². The smallest absolute Gasteiger partial charge is 0.111 e. The van der Waals surface area contributed by atoms with Gasteiger partial charge >= 0.3 is 0 Å². The lowest BCUT2D eigenvalue weighted by atomic mass is 9.88. The van der Waals surface area contributed by atoms with Crippen LogP contribution in [0.4, 0.5) is 0 Å². The van der Waals surface area contributed by atoms with E-state index in [0.29, 0.717) is 12.5 Å². The first-order chi connectivity index (χ1) is 6.58. The average Bonchev–Trinajstić information content (AvgIpc) is 2.15. The second kappa shape index (κ2) is 4.77. The number of rotatable bonds is 3. The van der Waals surface area contributed by atoms with Crippen molar-refractivity contribution in [1.82, 2.24) is 5.32 Å². The summed E-state index contributed by atoms with van der Waals surface area (Å²) in [5, 5.41) is 12.6. The van der Waals surface area contributed by atoms with Crippen LogP contribution in [-0.4, -0.2) is 24.8 Å². The summed E-state index contributed by atoms with van der Waals surface area (Å²) in [6, 6.07) is 2.41. The first kappa shape index (κ1) is 11.5. The normalized spacial score (nSPS) is 32.9. The highest BCUT2D eigenvalue weighted by Crippen LogP contribution is 2.24. The Kier molecular flexibility index (Phi) is 3.91. The van der Waals surface area contributed by atoms with Crippen LogP contribution in [0.25, 0.3) is 0 Å². The number of nitrogens with one attached hydrogen (secondary N) is 1. The Morgan fingerprint density at radius 1 is 1.64 bits per heavy atom. The fraction of sp³-hybridized carbons (Fsp3) is 0.909. The largest absolute Gasteiger partial charge is 0.378 e. The maximum absolute atomic E-state index is 9.20. The zero-order valence-corrected chi connectivity index (χ0v) is 9.34. The molecule has 2 unspecified atom stereocenters. The first-order valence-electron chi connectivity index (χ1n) is 5.36. The second-order valence-electron chi connectivity index (χ2n) is 4.60. The summed E-state index contributed by atoms with van der Waals surface area (Å²) < 4.78 is 5.45. The molecule has 0 aromatic rings. The molecule has 1 saturated heterocycles. The summed E-state index contributed by atoms with van der Waals surface area (Å²) in [5.74, 6) is 0.582. The van der Waals surface area contributed by atoms with E-state index in [9.17, 15) is 5.26 Å². The quantitative estimate of drug-likeness (QED) is 0.747. The van der Waals surface area contributed by atoms with E-state index in [2.05, 4.69) is 25.2 Å². The molecule has 0 saturated carbocycles. The van der Waals surface area contributed by atoms with E-state index in [1.165, 1.54) is 0 Å². The third-order valence-electron chi connectivity index (χ3n) is 2.63. The lowest BCUT2D eigenvalue weighted by Gasteiger charge is -2.35. The predicted octanol–water partition coefficient (Wildman–Crippen LogP) is 1.69. The SMILES string of the molecule is CC(C)CNC1(C#N)CCOC(C)C1. The number of hydrogen-bond donors (Lipinski definition) is 1. The number of ether oxygens (including phenoxy) is 1. The van der Waals surface area contributed by atoms with E-state index >= 15 is 0 Å². The molecule has 1 fully saturated rings. The number of hydrogen-bond acceptors (Lipinski definition) is 3. The highest BCUT2D eigenvalue weighted by molar-refractivity contribution is 5.09. The molecule has 0 amide bonds. The van der Waals surface area contributed by atoms with Crippen LogP contribution in [0.1, 0.15) is 33.6 Å². The number of nitriles is 1. The van der Waals surface area contributed by atoms with Crippen molar-refractivity contribution in [1.29, 1.82) is 5.26 Å². The van der Waals surface area contributed by atoms with Crippen molar-refractivity contribution in [3.63, 3.8) is 0 Å². The highest BCUT2D eigenvalue weighted by atomic mass is 16.5. The Balaban J connectivity index is 2.53. The fourth-order valence-corrected chi connectivity index (χ4v) is 1.79. The van der Waals surface area contributed by atoms with Crippen LogP contribution < -0.4 is 5.32 Å². The van der Waals surface area contributed by atoms with Crippen LogP contribution in [0, 0.1) is 17.2 Å². The Morgan fingerprint density at radius 2 is 2.36 bits per heavy atom. The molecule has 1 aliphatic heterocycles. The molecule has 3 heteroatoms. The molecular weight excluding hydrogens is 176 g/mol. The molecule has 0 radical (unpaired) electrons. The highest BCUT2D eigenvalue weighted by Gasteiger charge is 2.35. The van der Waals surface area contributed by atoms with Gasteiger partial charge in [-0.3, -0.25) is 5.32 Å². The maximum atomic E-state index is 9.20.